The van der Waals surface area contributed by atoms with Crippen molar-refractivity contribution in [2.75, 3.05) is 0 Å². The van der Waals surface area contributed by atoms with Gasteiger partial charge in [0.05, 0.1) is 0 Å². The predicted molar refractivity (Wildman–Crippen MR) is 72.0 cm³/mol. The average Bonchev–Trinajstić information content (AvgIpc) is 2.64. The maximum absolute atomic E-state index is 1.99. The molecule has 0 aromatic heterocycles. The molecule has 0 aromatic rings. The topological polar surface area (TPSA) is 0 Å². The van der Waals surface area contributed by atoms with Crippen LogP contribution in [0.5, 0.6) is 0 Å². The van der Waals surface area contributed by atoms with Gasteiger partial charge in [-0.15, -0.1) is 0 Å². The van der Waals surface area contributed by atoms with Crippen LogP contribution in [0.2, 0.25) is 0 Å². The van der Waals surface area contributed by atoms with Gasteiger partial charge in [0.15, 0.2) is 0 Å². The monoisotopic (exact) mass is 312 g/mol. The molecule has 10 heavy (non-hydrogen) atoms. The Balaban J connectivity index is 2.10. The summed E-state index contributed by atoms with van der Waals surface area (Å²) in [5, 5.41) is 0.133. The molecule has 3 spiro atoms. The van der Waals surface area contributed by atoms with E-state index in [-0.39, 0.29) is 15.1 Å². The first kappa shape index (κ1) is 5.58. The van der Waals surface area contributed by atoms with E-state index in [4.69, 9.17) is 0 Å². The summed E-state index contributed by atoms with van der Waals surface area (Å²) >= 11 is 0. The van der Waals surface area contributed by atoms with Crippen molar-refractivity contribution in [2.45, 2.75) is 0 Å². The Hall–Kier alpha value is 4.30. The van der Waals surface area contributed by atoms with Crippen LogP contribution in [0.4, 0.5) is 0 Å². The second kappa shape index (κ2) is 0.765. The van der Waals surface area contributed by atoms with Gasteiger partial charge >= 0.3 is 66.0 Å². The average molecular weight is 312 g/mol. The zero-order valence-electron chi connectivity index (χ0n) is 4.58. The number of fused-ring (bicyclic) bond motifs is 3. The molecule has 0 bridgehead atoms. The number of hydrogen-bond acceptors (Lipinski definition) is 0. The van der Waals surface area contributed by atoms with Crippen molar-refractivity contribution >= 4 is 66.0 Å². The fourth-order valence-electron chi connectivity index (χ4n) is 5.01. The summed E-state index contributed by atoms with van der Waals surface area (Å²) in [6.07, 6.45) is 0. The van der Waals surface area contributed by atoms with Crippen LogP contribution in [0.25, 0.3) is 0 Å². The van der Waals surface area contributed by atoms with E-state index in [0.29, 0.717) is 0 Å². The van der Waals surface area contributed by atoms with Gasteiger partial charge in [0, 0.05) is 0 Å². The van der Waals surface area contributed by atoms with Gasteiger partial charge in [-0.2, -0.15) is 0 Å². The molecule has 0 radical (unpaired) electrons. The Labute approximate surface area is 65.9 Å². The zero-order chi connectivity index (χ0) is 5.64. The molecule has 0 aliphatic carbocycles. The standard InChI is InChI=1S/H2P10/c1-3-5-6-7-8-2-9(6,7,8)10(3,5,8)4(1)8/h1-2H. The number of hydrogen-bond donors (Lipinski definition) is 0. The summed E-state index contributed by atoms with van der Waals surface area (Å²) in [7, 11) is 3.82. The molecule has 8 rings (SSSR count). The van der Waals surface area contributed by atoms with Crippen LogP contribution in [-0.4, -0.2) is 0 Å². The van der Waals surface area contributed by atoms with Crippen LogP contribution in [-0.2, 0) is 0 Å². The van der Waals surface area contributed by atoms with Gasteiger partial charge in [-0.3, -0.25) is 0 Å². The molecule has 0 nitrogen and oxygen atoms in total. The molecule has 8 fully saturated rings. The normalized spacial score (nSPS) is 124. The van der Waals surface area contributed by atoms with Crippen molar-refractivity contribution in [3.63, 3.8) is 0 Å². The minimum absolute atomic E-state index is 0.0176. The van der Waals surface area contributed by atoms with Gasteiger partial charge < -0.3 is 0 Å². The van der Waals surface area contributed by atoms with Gasteiger partial charge in [0.2, 0.25) is 0 Å². The van der Waals surface area contributed by atoms with Crippen molar-refractivity contribution in [3.8, 4) is 0 Å². The molecule has 8 aliphatic rings. The van der Waals surface area contributed by atoms with E-state index in [1.165, 1.54) is 34.9 Å². The first-order chi connectivity index (χ1) is 4.86. The molecule has 8 heterocycles. The summed E-state index contributed by atoms with van der Waals surface area (Å²) < 4.78 is 0. The van der Waals surface area contributed by atoms with Crippen molar-refractivity contribution < 1.29 is 0 Å². The SMILES string of the molecule is P1P2P3P4P5P467PP564P1P2374. The molecule has 52 valence electrons. The molecule has 7 unspecified atom stereocenters. The second-order valence-electron chi connectivity index (χ2n) is 4.35. The van der Waals surface area contributed by atoms with Gasteiger partial charge in [-0.1, -0.05) is 0 Å². The van der Waals surface area contributed by atoms with Gasteiger partial charge in [0.1, 0.15) is 0 Å². The van der Waals surface area contributed by atoms with Gasteiger partial charge in [0.25, 0.3) is 0 Å². The van der Waals surface area contributed by atoms with Crippen LogP contribution < -0.4 is 0 Å². The maximum atomic E-state index is 1.99. The van der Waals surface area contributed by atoms with Crippen molar-refractivity contribution in [2.24, 2.45) is 0 Å². The molecule has 0 N–H and O–H groups in total. The molecular formula is H2P10. The second-order valence-corrected chi connectivity index (χ2v) is 117. The summed E-state index contributed by atoms with van der Waals surface area (Å²) in [6.45, 7) is 6.13. The van der Waals surface area contributed by atoms with E-state index in [1.807, 2.05) is 15.9 Å². The Bertz CT molecular complexity index is 484. The Morgan fingerprint density at radius 2 is 2.10 bits per heavy atom. The molecule has 0 aromatic carbocycles. The quantitative estimate of drug-likeness (QED) is 0.397. The molecule has 0 saturated carbocycles. The molecular weight excluding hydrogens is 310 g/mol. The molecule has 0 amide bonds. The van der Waals surface area contributed by atoms with Crippen molar-refractivity contribution in [1.82, 2.24) is 0 Å². The fraction of sp³-hybridized carbons (Fsp3) is 0. The van der Waals surface area contributed by atoms with Crippen LogP contribution >= 0.6 is 66.0 Å². The Kier molecular flexibility index (Phi) is 0.426. The Morgan fingerprint density at radius 1 is 1.10 bits per heavy atom. The molecule has 8 aliphatic heterocycles. The summed E-state index contributed by atoms with van der Waals surface area (Å²) in [4.78, 5) is 0. The molecule has 8 saturated heterocycles. The predicted octanol–water partition coefficient (Wildman–Crippen LogP) is 8.08. The molecule has 7 atom stereocenters. The van der Waals surface area contributed by atoms with Crippen molar-refractivity contribution in [1.29, 1.82) is 0 Å². The van der Waals surface area contributed by atoms with Crippen LogP contribution in [0, 0.1) is 0 Å². The van der Waals surface area contributed by atoms with Crippen LogP contribution in [0.15, 0.2) is 0 Å². The van der Waals surface area contributed by atoms with Crippen molar-refractivity contribution in [3.05, 3.63) is 0 Å². The van der Waals surface area contributed by atoms with E-state index in [0.717, 1.165) is 0 Å². The van der Waals surface area contributed by atoms with Gasteiger partial charge in [-0.25, -0.2) is 0 Å². The minimum atomic E-state index is 0.0176. The zero-order valence-corrected chi connectivity index (χ0v) is 13.7. The first-order valence-electron chi connectivity index (χ1n) is 3.49. The van der Waals surface area contributed by atoms with E-state index < -0.39 is 0 Å². The summed E-state index contributed by atoms with van der Waals surface area (Å²) in [5.74, 6) is 0. The van der Waals surface area contributed by atoms with E-state index in [9.17, 15) is 0 Å². The summed E-state index contributed by atoms with van der Waals surface area (Å²) in [6, 6.07) is 0. The fourth-order valence-corrected chi connectivity index (χ4v) is 1170. The third kappa shape index (κ3) is 0.109. The van der Waals surface area contributed by atoms with Crippen LogP contribution in [0.1, 0.15) is 0 Å². The third-order valence-electron chi connectivity index (χ3n) is 5.16. The Morgan fingerprint density at radius 3 is 2.60 bits per heavy atom. The van der Waals surface area contributed by atoms with E-state index in [1.54, 1.807) is 0 Å². The van der Waals surface area contributed by atoms with Gasteiger partial charge in [-0.05, 0) is 0 Å². The third-order valence-corrected chi connectivity index (χ3v) is 389. The summed E-state index contributed by atoms with van der Waals surface area (Å²) in [5.41, 5.74) is 0. The van der Waals surface area contributed by atoms with E-state index in [2.05, 4.69) is 0 Å². The van der Waals surface area contributed by atoms with Crippen LogP contribution in [0.3, 0.4) is 0 Å². The molecule has 10 heteroatoms. The number of rotatable bonds is 0. The first-order valence-corrected chi connectivity index (χ1v) is 31.4. The van der Waals surface area contributed by atoms with E-state index >= 15 is 0 Å².